The van der Waals surface area contributed by atoms with Gasteiger partial charge in [-0.15, -0.1) is 11.8 Å². The highest BCUT2D eigenvalue weighted by Gasteiger charge is 2.14. The summed E-state index contributed by atoms with van der Waals surface area (Å²) in [6.45, 7) is 1.86. The molecule has 0 fully saturated rings. The molecule has 1 rings (SSSR count). The highest BCUT2D eigenvalue weighted by atomic mass is 32.2. The van der Waals surface area contributed by atoms with Gasteiger partial charge in [0.2, 0.25) is 0 Å². The second kappa shape index (κ2) is 5.72. The van der Waals surface area contributed by atoms with Gasteiger partial charge in [-0.1, -0.05) is 0 Å². The lowest BCUT2D eigenvalue weighted by atomic mass is 10.2. The van der Waals surface area contributed by atoms with E-state index >= 15 is 0 Å². The first-order valence-electron chi connectivity index (χ1n) is 4.59. The highest BCUT2D eigenvalue weighted by molar-refractivity contribution is 7.99. The standard InChI is InChI=1S/C10H13NO3S/c1-7-3-4-11-9(8(7)10(13)14)15-6-2-5-12/h3-4,12H,2,5-6H2,1H3,(H,13,14). The second-order valence-corrected chi connectivity index (χ2v) is 4.12. The Morgan fingerprint density at radius 1 is 1.60 bits per heavy atom. The van der Waals surface area contributed by atoms with Crippen molar-refractivity contribution in [1.29, 1.82) is 0 Å². The van der Waals surface area contributed by atoms with Crippen LogP contribution in [0.4, 0.5) is 0 Å². The third-order valence-corrected chi connectivity index (χ3v) is 2.96. The van der Waals surface area contributed by atoms with E-state index in [9.17, 15) is 4.79 Å². The maximum atomic E-state index is 11.0. The van der Waals surface area contributed by atoms with Gasteiger partial charge in [-0.2, -0.15) is 0 Å². The molecule has 0 saturated carbocycles. The Morgan fingerprint density at radius 3 is 2.93 bits per heavy atom. The molecule has 1 aromatic rings. The van der Waals surface area contributed by atoms with Gasteiger partial charge < -0.3 is 10.2 Å². The molecule has 2 N–H and O–H groups in total. The summed E-state index contributed by atoms with van der Waals surface area (Å²) in [7, 11) is 0. The molecule has 0 aliphatic heterocycles. The number of thioether (sulfide) groups is 1. The van der Waals surface area contributed by atoms with E-state index in [1.165, 1.54) is 11.8 Å². The minimum absolute atomic E-state index is 0.112. The molecule has 0 unspecified atom stereocenters. The summed E-state index contributed by atoms with van der Waals surface area (Å²) in [5.74, 6) is -0.278. The fraction of sp³-hybridized carbons (Fsp3) is 0.400. The van der Waals surface area contributed by atoms with Crippen molar-refractivity contribution in [2.24, 2.45) is 0 Å². The van der Waals surface area contributed by atoms with Gasteiger partial charge in [-0.3, -0.25) is 0 Å². The molecule has 0 radical (unpaired) electrons. The number of carboxylic acid groups (broad SMARTS) is 1. The molecule has 0 atom stereocenters. The molecule has 1 heterocycles. The van der Waals surface area contributed by atoms with Crippen LogP contribution in [0, 0.1) is 6.92 Å². The summed E-state index contributed by atoms with van der Waals surface area (Å²) in [4.78, 5) is 15.0. The van der Waals surface area contributed by atoms with Crippen LogP contribution >= 0.6 is 11.8 Å². The van der Waals surface area contributed by atoms with Gasteiger partial charge >= 0.3 is 5.97 Å². The van der Waals surface area contributed by atoms with Crippen LogP contribution in [0.15, 0.2) is 17.3 Å². The van der Waals surface area contributed by atoms with Crippen LogP contribution in [0.5, 0.6) is 0 Å². The van der Waals surface area contributed by atoms with Gasteiger partial charge in [0, 0.05) is 18.6 Å². The number of carboxylic acids is 1. The van der Waals surface area contributed by atoms with E-state index in [1.807, 2.05) is 0 Å². The third kappa shape index (κ3) is 3.21. The van der Waals surface area contributed by atoms with E-state index in [0.717, 1.165) is 0 Å². The molecular weight excluding hydrogens is 214 g/mol. The molecule has 82 valence electrons. The van der Waals surface area contributed by atoms with Crippen LogP contribution < -0.4 is 0 Å². The number of aliphatic hydroxyl groups is 1. The topological polar surface area (TPSA) is 70.4 Å². The first kappa shape index (κ1) is 12.0. The van der Waals surface area contributed by atoms with Crippen molar-refractivity contribution < 1.29 is 15.0 Å². The molecule has 0 aliphatic carbocycles. The summed E-state index contributed by atoms with van der Waals surface area (Å²) in [5, 5.41) is 18.2. The average Bonchev–Trinajstić information content (AvgIpc) is 2.17. The molecular formula is C10H13NO3S. The van der Waals surface area contributed by atoms with Crippen molar-refractivity contribution in [2.75, 3.05) is 12.4 Å². The van der Waals surface area contributed by atoms with Gasteiger partial charge in [-0.25, -0.2) is 9.78 Å². The Kier molecular flexibility index (Phi) is 4.58. The van der Waals surface area contributed by atoms with Crippen molar-refractivity contribution in [3.05, 3.63) is 23.4 Å². The van der Waals surface area contributed by atoms with Gasteiger partial charge in [-0.05, 0) is 25.0 Å². The summed E-state index contributed by atoms with van der Waals surface area (Å²) in [6, 6.07) is 1.68. The van der Waals surface area contributed by atoms with Gasteiger partial charge in [0.05, 0.1) is 5.56 Å². The normalized spacial score (nSPS) is 10.3. The average molecular weight is 227 g/mol. The smallest absolute Gasteiger partial charge is 0.338 e. The van der Waals surface area contributed by atoms with Crippen LogP contribution in [0.3, 0.4) is 0 Å². The third-order valence-electron chi connectivity index (χ3n) is 1.88. The summed E-state index contributed by atoms with van der Waals surface area (Å²) < 4.78 is 0. The first-order valence-corrected chi connectivity index (χ1v) is 5.58. The first-order chi connectivity index (χ1) is 7.16. The number of carbonyl (C=O) groups is 1. The minimum Gasteiger partial charge on any atom is -0.478 e. The van der Waals surface area contributed by atoms with Crippen molar-refractivity contribution in [3.8, 4) is 0 Å². The SMILES string of the molecule is Cc1ccnc(SCCCO)c1C(=O)O. The van der Waals surface area contributed by atoms with Crippen LogP contribution in [0.25, 0.3) is 0 Å². The fourth-order valence-corrected chi connectivity index (χ4v) is 2.13. The predicted octanol–water partition coefficient (Wildman–Crippen LogP) is 1.56. The zero-order valence-electron chi connectivity index (χ0n) is 8.43. The molecule has 5 heteroatoms. The van der Waals surface area contributed by atoms with E-state index in [-0.39, 0.29) is 12.2 Å². The maximum Gasteiger partial charge on any atom is 0.338 e. The Morgan fingerprint density at radius 2 is 2.33 bits per heavy atom. The van der Waals surface area contributed by atoms with Crippen LogP contribution in [0.1, 0.15) is 22.3 Å². The van der Waals surface area contributed by atoms with Gasteiger partial charge in [0.15, 0.2) is 0 Å². The van der Waals surface area contributed by atoms with Crippen molar-refractivity contribution in [1.82, 2.24) is 4.98 Å². The Labute approximate surface area is 92.3 Å². The van der Waals surface area contributed by atoms with E-state index in [0.29, 0.717) is 22.8 Å². The quantitative estimate of drug-likeness (QED) is 0.590. The summed E-state index contributed by atoms with van der Waals surface area (Å²) >= 11 is 1.36. The van der Waals surface area contributed by atoms with Crippen molar-refractivity contribution in [2.45, 2.75) is 18.4 Å². The molecule has 1 aromatic heterocycles. The minimum atomic E-state index is -0.952. The fourth-order valence-electron chi connectivity index (χ4n) is 1.14. The molecule has 0 aliphatic rings. The van der Waals surface area contributed by atoms with Crippen LogP contribution in [0.2, 0.25) is 0 Å². The Hall–Kier alpha value is -1.07. The predicted molar refractivity (Wildman–Crippen MR) is 58.4 cm³/mol. The summed E-state index contributed by atoms with van der Waals surface area (Å²) in [6.07, 6.45) is 2.24. The number of hydrogen-bond acceptors (Lipinski definition) is 4. The number of nitrogens with zero attached hydrogens (tertiary/aromatic N) is 1. The molecule has 15 heavy (non-hydrogen) atoms. The zero-order chi connectivity index (χ0) is 11.3. The number of aryl methyl sites for hydroxylation is 1. The number of pyridine rings is 1. The zero-order valence-corrected chi connectivity index (χ0v) is 9.25. The van der Waals surface area contributed by atoms with Crippen LogP contribution in [-0.4, -0.2) is 33.5 Å². The van der Waals surface area contributed by atoms with Gasteiger partial charge in [0.25, 0.3) is 0 Å². The molecule has 4 nitrogen and oxygen atoms in total. The Balaban J connectivity index is 2.86. The lowest BCUT2D eigenvalue weighted by molar-refractivity contribution is 0.0691. The number of aromatic carboxylic acids is 1. The van der Waals surface area contributed by atoms with E-state index in [2.05, 4.69) is 4.98 Å². The van der Waals surface area contributed by atoms with E-state index < -0.39 is 5.97 Å². The molecule has 0 spiro atoms. The maximum absolute atomic E-state index is 11.0. The van der Waals surface area contributed by atoms with E-state index in [4.69, 9.17) is 10.2 Å². The molecule has 0 bridgehead atoms. The van der Waals surface area contributed by atoms with E-state index in [1.54, 1.807) is 19.2 Å². The van der Waals surface area contributed by atoms with Crippen LogP contribution in [-0.2, 0) is 0 Å². The van der Waals surface area contributed by atoms with Gasteiger partial charge in [0.1, 0.15) is 5.03 Å². The lowest BCUT2D eigenvalue weighted by Crippen LogP contribution is -2.04. The second-order valence-electron chi connectivity index (χ2n) is 3.04. The molecule has 0 saturated heterocycles. The largest absolute Gasteiger partial charge is 0.478 e. The number of rotatable bonds is 5. The van der Waals surface area contributed by atoms with Crippen molar-refractivity contribution >= 4 is 17.7 Å². The number of aromatic nitrogens is 1. The van der Waals surface area contributed by atoms with Crippen molar-refractivity contribution in [3.63, 3.8) is 0 Å². The monoisotopic (exact) mass is 227 g/mol. The Bertz CT molecular complexity index is 355. The molecule has 0 aromatic carbocycles. The lowest BCUT2D eigenvalue weighted by Gasteiger charge is -2.06. The number of hydrogen-bond donors (Lipinski definition) is 2. The number of aliphatic hydroxyl groups excluding tert-OH is 1. The molecule has 0 amide bonds. The summed E-state index contributed by atoms with van der Waals surface area (Å²) in [5.41, 5.74) is 0.976. The highest BCUT2D eigenvalue weighted by Crippen LogP contribution is 2.23.